The van der Waals surface area contributed by atoms with Crippen LogP contribution in [0.25, 0.3) is 22.2 Å². The number of likely N-dealkylation sites (N-methyl/N-ethyl adjacent to an activating group) is 1. The SMILES string of the molecule is COc1cc(CN2CCN(C)CC2)c(NC(C)=O)cc1Nc1cc(-c2ccc3c(cnn3C)c2)ncn1. The summed E-state index contributed by atoms with van der Waals surface area (Å²) < 4.78 is 7.58. The second-order valence-electron chi connectivity index (χ2n) is 9.43. The zero-order chi connectivity index (χ0) is 25.9. The maximum atomic E-state index is 12.0. The summed E-state index contributed by atoms with van der Waals surface area (Å²) in [6.45, 7) is 6.26. The minimum Gasteiger partial charge on any atom is -0.495 e. The number of aromatic nitrogens is 4. The molecule has 37 heavy (non-hydrogen) atoms. The average molecular weight is 501 g/mol. The number of hydrogen-bond donors (Lipinski definition) is 2. The fraction of sp³-hybridized carbons (Fsp3) is 0.333. The monoisotopic (exact) mass is 500 g/mol. The minimum absolute atomic E-state index is 0.120. The molecule has 5 rings (SSSR count). The second kappa shape index (κ2) is 10.5. The van der Waals surface area contributed by atoms with E-state index in [1.165, 1.54) is 13.3 Å². The Morgan fingerprint density at radius 3 is 2.59 bits per heavy atom. The molecular formula is C27H32N8O2. The molecule has 0 saturated carbocycles. The van der Waals surface area contributed by atoms with E-state index in [4.69, 9.17) is 4.74 Å². The van der Waals surface area contributed by atoms with E-state index in [1.807, 2.05) is 48.3 Å². The number of anilines is 3. The summed E-state index contributed by atoms with van der Waals surface area (Å²) in [5, 5.41) is 11.7. The molecule has 0 atom stereocenters. The number of carbonyl (C=O) groups excluding carboxylic acids is 1. The van der Waals surface area contributed by atoms with Crippen molar-refractivity contribution < 1.29 is 9.53 Å². The summed E-state index contributed by atoms with van der Waals surface area (Å²) in [4.78, 5) is 25.6. The number of methoxy groups -OCH3 is 1. The van der Waals surface area contributed by atoms with E-state index in [9.17, 15) is 4.79 Å². The number of benzene rings is 2. The number of rotatable bonds is 7. The third kappa shape index (κ3) is 5.55. The molecule has 2 N–H and O–H groups in total. The molecule has 0 unspecified atom stereocenters. The van der Waals surface area contributed by atoms with E-state index < -0.39 is 0 Å². The number of carbonyl (C=O) groups is 1. The number of nitrogens with zero attached hydrogens (tertiary/aromatic N) is 6. The molecule has 10 heteroatoms. The lowest BCUT2D eigenvalue weighted by Crippen LogP contribution is -2.44. The predicted molar refractivity (Wildman–Crippen MR) is 145 cm³/mol. The van der Waals surface area contributed by atoms with Crippen molar-refractivity contribution >= 4 is 34.0 Å². The summed E-state index contributed by atoms with van der Waals surface area (Å²) in [6.07, 6.45) is 3.38. The van der Waals surface area contributed by atoms with Gasteiger partial charge in [0.15, 0.2) is 0 Å². The molecule has 2 aromatic carbocycles. The van der Waals surface area contributed by atoms with Crippen molar-refractivity contribution in [2.24, 2.45) is 7.05 Å². The van der Waals surface area contributed by atoms with Gasteiger partial charge in [0.05, 0.1) is 30.2 Å². The second-order valence-corrected chi connectivity index (χ2v) is 9.43. The van der Waals surface area contributed by atoms with Gasteiger partial charge in [0.2, 0.25) is 5.91 Å². The van der Waals surface area contributed by atoms with Crippen LogP contribution in [0, 0.1) is 0 Å². The highest BCUT2D eigenvalue weighted by molar-refractivity contribution is 5.91. The first-order valence-corrected chi connectivity index (χ1v) is 12.3. The van der Waals surface area contributed by atoms with E-state index >= 15 is 0 Å². The maximum absolute atomic E-state index is 12.0. The van der Waals surface area contributed by atoms with Gasteiger partial charge in [-0.15, -0.1) is 0 Å². The summed E-state index contributed by atoms with van der Waals surface area (Å²) >= 11 is 0. The Hall–Kier alpha value is -4.02. The molecular weight excluding hydrogens is 468 g/mol. The lowest BCUT2D eigenvalue weighted by molar-refractivity contribution is -0.114. The van der Waals surface area contributed by atoms with Gasteiger partial charge in [-0.25, -0.2) is 9.97 Å². The molecule has 1 aliphatic rings. The molecule has 3 heterocycles. The zero-order valence-corrected chi connectivity index (χ0v) is 21.7. The smallest absolute Gasteiger partial charge is 0.221 e. The van der Waals surface area contributed by atoms with Crippen LogP contribution in [0.5, 0.6) is 5.75 Å². The molecule has 1 fully saturated rings. The van der Waals surface area contributed by atoms with E-state index in [0.29, 0.717) is 17.3 Å². The van der Waals surface area contributed by atoms with Crippen molar-refractivity contribution in [2.45, 2.75) is 13.5 Å². The first-order chi connectivity index (χ1) is 17.9. The molecule has 0 bridgehead atoms. The van der Waals surface area contributed by atoms with Crippen LogP contribution in [-0.4, -0.2) is 75.8 Å². The Labute approximate surface area is 216 Å². The highest BCUT2D eigenvalue weighted by Crippen LogP contribution is 2.35. The molecule has 1 amide bonds. The number of piperazine rings is 1. The lowest BCUT2D eigenvalue weighted by Gasteiger charge is -2.33. The van der Waals surface area contributed by atoms with Gasteiger partial charge in [0, 0.05) is 69.4 Å². The van der Waals surface area contributed by atoms with Gasteiger partial charge >= 0.3 is 0 Å². The summed E-state index contributed by atoms with van der Waals surface area (Å²) in [5.41, 5.74) is 5.29. The zero-order valence-electron chi connectivity index (χ0n) is 21.7. The third-order valence-electron chi connectivity index (χ3n) is 6.70. The quantitative estimate of drug-likeness (QED) is 0.398. The molecule has 1 aliphatic heterocycles. The lowest BCUT2D eigenvalue weighted by atomic mass is 10.1. The van der Waals surface area contributed by atoms with E-state index in [2.05, 4.69) is 48.6 Å². The van der Waals surface area contributed by atoms with E-state index in [-0.39, 0.29) is 5.91 Å². The van der Waals surface area contributed by atoms with Crippen LogP contribution in [-0.2, 0) is 18.4 Å². The number of amides is 1. The first-order valence-electron chi connectivity index (χ1n) is 12.3. The normalized spacial score (nSPS) is 14.6. The van der Waals surface area contributed by atoms with Crippen LogP contribution in [0.3, 0.4) is 0 Å². The van der Waals surface area contributed by atoms with Crippen molar-refractivity contribution in [2.75, 3.05) is 51.0 Å². The summed E-state index contributed by atoms with van der Waals surface area (Å²) in [7, 11) is 5.71. The van der Waals surface area contributed by atoms with Gasteiger partial charge in [0.1, 0.15) is 17.9 Å². The Morgan fingerprint density at radius 2 is 1.84 bits per heavy atom. The molecule has 0 aliphatic carbocycles. The maximum Gasteiger partial charge on any atom is 0.221 e. The van der Waals surface area contributed by atoms with Crippen LogP contribution >= 0.6 is 0 Å². The number of nitrogens with one attached hydrogen (secondary N) is 2. The van der Waals surface area contributed by atoms with Crippen molar-refractivity contribution in [1.82, 2.24) is 29.5 Å². The van der Waals surface area contributed by atoms with Crippen molar-refractivity contribution in [3.05, 3.63) is 54.5 Å². The van der Waals surface area contributed by atoms with Crippen molar-refractivity contribution in [3.63, 3.8) is 0 Å². The van der Waals surface area contributed by atoms with Crippen LogP contribution in [0.15, 0.2) is 48.9 Å². The molecule has 4 aromatic rings. The molecule has 1 saturated heterocycles. The fourth-order valence-corrected chi connectivity index (χ4v) is 4.62. The Morgan fingerprint density at radius 1 is 1.03 bits per heavy atom. The largest absolute Gasteiger partial charge is 0.495 e. The Balaban J connectivity index is 1.43. The number of fused-ring (bicyclic) bond motifs is 1. The molecule has 2 aromatic heterocycles. The minimum atomic E-state index is -0.120. The van der Waals surface area contributed by atoms with Crippen molar-refractivity contribution in [1.29, 1.82) is 0 Å². The van der Waals surface area contributed by atoms with Gasteiger partial charge in [-0.1, -0.05) is 6.07 Å². The number of ether oxygens (including phenoxy) is 1. The highest BCUT2D eigenvalue weighted by atomic mass is 16.5. The number of hydrogen-bond acceptors (Lipinski definition) is 8. The molecule has 0 spiro atoms. The summed E-state index contributed by atoms with van der Waals surface area (Å²) in [6, 6.07) is 11.9. The number of aryl methyl sites for hydroxylation is 1. The Bertz CT molecular complexity index is 1430. The highest BCUT2D eigenvalue weighted by Gasteiger charge is 2.18. The topological polar surface area (TPSA) is 100 Å². The summed E-state index contributed by atoms with van der Waals surface area (Å²) in [5.74, 6) is 1.18. The van der Waals surface area contributed by atoms with Gasteiger partial charge in [0.25, 0.3) is 0 Å². The standard InChI is InChI=1S/C27H32N8O2/c1-18(36)31-23-13-24(26(37-4)12-21(23)16-35-9-7-33(2)8-10-35)32-27-14-22(28-17-29-27)19-5-6-25-20(11-19)15-30-34(25)3/h5-6,11-15,17H,7-10,16H2,1-4H3,(H,31,36)(H,28,29,32). The third-order valence-corrected chi connectivity index (χ3v) is 6.70. The Kier molecular flexibility index (Phi) is 7.02. The average Bonchev–Trinajstić information content (AvgIpc) is 3.26. The molecule has 0 radical (unpaired) electrons. The molecule has 192 valence electrons. The van der Waals surface area contributed by atoms with Gasteiger partial charge < -0.3 is 20.3 Å². The predicted octanol–water partition coefficient (Wildman–Crippen LogP) is 3.49. The van der Waals surface area contributed by atoms with Gasteiger partial charge in [-0.3, -0.25) is 14.4 Å². The van der Waals surface area contributed by atoms with Crippen LogP contribution in [0.1, 0.15) is 12.5 Å². The fourth-order valence-electron chi connectivity index (χ4n) is 4.62. The van der Waals surface area contributed by atoms with E-state index in [0.717, 1.165) is 66.1 Å². The van der Waals surface area contributed by atoms with Gasteiger partial charge in [-0.05, 0) is 36.9 Å². The van der Waals surface area contributed by atoms with Crippen LogP contribution in [0.2, 0.25) is 0 Å². The first kappa shape index (κ1) is 24.7. The molecule has 10 nitrogen and oxygen atoms in total. The van der Waals surface area contributed by atoms with Crippen LogP contribution in [0.4, 0.5) is 17.2 Å². The van der Waals surface area contributed by atoms with Crippen LogP contribution < -0.4 is 15.4 Å². The van der Waals surface area contributed by atoms with E-state index in [1.54, 1.807) is 7.11 Å². The van der Waals surface area contributed by atoms with Crippen molar-refractivity contribution in [3.8, 4) is 17.0 Å². The van der Waals surface area contributed by atoms with Gasteiger partial charge in [-0.2, -0.15) is 5.10 Å².